The fraction of sp³-hybridized carbons (Fsp3) is 0.385. The van der Waals surface area contributed by atoms with Gasteiger partial charge in [-0.3, -0.25) is 0 Å². The van der Waals surface area contributed by atoms with Crippen LogP contribution in [0, 0.1) is 6.92 Å². The van der Waals surface area contributed by atoms with Crippen molar-refractivity contribution < 1.29 is 4.21 Å². The van der Waals surface area contributed by atoms with Crippen LogP contribution in [0.15, 0.2) is 38.1 Å². The highest BCUT2D eigenvalue weighted by molar-refractivity contribution is 14.1. The lowest BCUT2D eigenvalue weighted by molar-refractivity contribution is 0.688. The van der Waals surface area contributed by atoms with E-state index in [1.54, 1.807) is 0 Å². The molecule has 0 heterocycles. The molecule has 1 rings (SSSR count). The van der Waals surface area contributed by atoms with Crippen molar-refractivity contribution in [1.29, 1.82) is 0 Å². The molecular weight excluding hydrogens is 331 g/mol. The average molecular weight is 348 g/mol. The Morgan fingerprint density at radius 3 is 2.56 bits per heavy atom. The Kier molecular flexibility index (Phi) is 6.28. The number of hydrogen-bond donors (Lipinski definition) is 0. The topological polar surface area (TPSA) is 17.1 Å². The summed E-state index contributed by atoms with van der Waals surface area (Å²) in [6.07, 6.45) is 5.45. The molecule has 0 aromatic heterocycles. The third kappa shape index (κ3) is 4.37. The minimum atomic E-state index is -0.992. The molecule has 88 valence electrons. The average Bonchev–Trinajstić information content (AvgIpc) is 2.29. The van der Waals surface area contributed by atoms with E-state index in [4.69, 9.17) is 0 Å². The highest BCUT2D eigenvalue weighted by atomic mass is 127. The molecule has 0 spiro atoms. The molecule has 0 unspecified atom stereocenters. The second kappa shape index (κ2) is 7.22. The van der Waals surface area contributed by atoms with E-state index in [9.17, 15) is 4.21 Å². The minimum Gasteiger partial charge on any atom is -0.249 e. The van der Waals surface area contributed by atoms with E-state index in [1.807, 2.05) is 31.2 Å². The van der Waals surface area contributed by atoms with Crippen LogP contribution >= 0.6 is 22.6 Å². The summed E-state index contributed by atoms with van der Waals surface area (Å²) >= 11 is 2.18. The van der Waals surface area contributed by atoms with Gasteiger partial charge in [-0.2, -0.15) is 0 Å². The second-order valence-corrected chi connectivity index (χ2v) is 7.08. The fourth-order valence-corrected chi connectivity index (χ4v) is 3.22. The molecule has 0 fully saturated rings. The molecule has 16 heavy (non-hydrogen) atoms. The van der Waals surface area contributed by atoms with Gasteiger partial charge in [0.15, 0.2) is 0 Å². The first-order valence-electron chi connectivity index (χ1n) is 5.49. The molecule has 1 aromatic carbocycles. The molecule has 0 aliphatic rings. The van der Waals surface area contributed by atoms with Crippen LogP contribution in [0.4, 0.5) is 0 Å². The van der Waals surface area contributed by atoms with Gasteiger partial charge in [-0.25, -0.2) is 4.21 Å². The van der Waals surface area contributed by atoms with Crippen molar-refractivity contribution >= 4 is 33.4 Å². The van der Waals surface area contributed by atoms with Gasteiger partial charge >= 0.3 is 0 Å². The van der Waals surface area contributed by atoms with E-state index in [0.717, 1.165) is 20.6 Å². The summed E-state index contributed by atoms with van der Waals surface area (Å²) in [7, 11) is -0.992. The fourth-order valence-electron chi connectivity index (χ4n) is 1.27. The molecule has 1 nitrogen and oxygen atoms in total. The first kappa shape index (κ1) is 13.9. The van der Waals surface area contributed by atoms with Crippen LogP contribution in [-0.4, -0.2) is 4.21 Å². The maximum Gasteiger partial charge on any atom is 0.0908 e. The van der Waals surface area contributed by atoms with Crippen LogP contribution in [0.2, 0.25) is 0 Å². The molecule has 1 aromatic rings. The van der Waals surface area contributed by atoms with Gasteiger partial charge in [0.05, 0.1) is 13.7 Å². The summed E-state index contributed by atoms with van der Waals surface area (Å²) in [6, 6.07) is 7.89. The highest BCUT2D eigenvalue weighted by Gasteiger charge is 2.06. The monoisotopic (exact) mass is 348 g/mol. The van der Waals surface area contributed by atoms with Crippen molar-refractivity contribution in [1.82, 2.24) is 0 Å². The molecule has 1 atom stereocenters. The lowest BCUT2D eigenvalue weighted by Gasteiger charge is -2.01. The van der Waals surface area contributed by atoms with Gasteiger partial charge in [0.2, 0.25) is 0 Å². The molecule has 3 heteroatoms. The van der Waals surface area contributed by atoms with Crippen LogP contribution < -0.4 is 0 Å². The van der Waals surface area contributed by atoms with Crippen LogP contribution in [0.25, 0.3) is 0 Å². The number of unbranched alkanes of at least 4 members (excludes halogenated alkanes) is 2. The van der Waals surface area contributed by atoms with Crippen LogP contribution in [0.1, 0.15) is 31.7 Å². The molecule has 0 radical (unpaired) electrons. The molecule has 0 bridgehead atoms. The van der Waals surface area contributed by atoms with Gasteiger partial charge in [-0.05, 0) is 48.1 Å². The van der Waals surface area contributed by atoms with Gasteiger partial charge in [0.1, 0.15) is 0 Å². The zero-order valence-electron chi connectivity index (χ0n) is 9.70. The third-order valence-electron chi connectivity index (χ3n) is 2.27. The van der Waals surface area contributed by atoms with Gasteiger partial charge in [0.25, 0.3) is 0 Å². The predicted octanol–water partition coefficient (Wildman–Crippen LogP) is 4.57. The lowest BCUT2D eigenvalue weighted by Crippen LogP contribution is -1.90. The number of rotatable bonds is 5. The Balaban J connectivity index is 2.70. The summed E-state index contributed by atoms with van der Waals surface area (Å²) < 4.78 is 13.0. The van der Waals surface area contributed by atoms with Crippen LogP contribution in [0.3, 0.4) is 0 Å². The summed E-state index contributed by atoms with van der Waals surface area (Å²) in [5, 5.41) is 0. The zero-order chi connectivity index (χ0) is 12.0. The Labute approximate surface area is 114 Å². The smallest absolute Gasteiger partial charge is 0.0908 e. The molecule has 0 amide bonds. The highest BCUT2D eigenvalue weighted by Crippen LogP contribution is 2.21. The number of allylic oxidation sites excluding steroid dienone is 1. The first-order valence-corrected chi connectivity index (χ1v) is 7.72. The van der Waals surface area contributed by atoms with E-state index in [2.05, 4.69) is 35.6 Å². The molecular formula is C13H17IOS. The third-order valence-corrected chi connectivity index (χ3v) is 5.14. The summed E-state index contributed by atoms with van der Waals surface area (Å²) in [5.41, 5.74) is 1.20. The molecule has 0 N–H and O–H groups in total. The van der Waals surface area contributed by atoms with Crippen molar-refractivity contribution in [2.45, 2.75) is 38.0 Å². The Morgan fingerprint density at radius 2 is 2.00 bits per heavy atom. The minimum absolute atomic E-state index is 0.891. The quantitative estimate of drug-likeness (QED) is 0.563. The number of benzene rings is 1. The Morgan fingerprint density at radius 1 is 1.38 bits per heavy atom. The summed E-state index contributed by atoms with van der Waals surface area (Å²) in [4.78, 5) is 0.891. The molecule has 0 aliphatic carbocycles. The van der Waals surface area contributed by atoms with E-state index >= 15 is 0 Å². The number of halogens is 1. The Hall–Kier alpha value is -0.160. The number of hydrogen-bond acceptors (Lipinski definition) is 1. The van der Waals surface area contributed by atoms with Crippen molar-refractivity contribution in [2.75, 3.05) is 0 Å². The van der Waals surface area contributed by atoms with Crippen molar-refractivity contribution in [3.05, 3.63) is 38.8 Å². The van der Waals surface area contributed by atoms with Gasteiger partial charge < -0.3 is 0 Å². The maximum absolute atomic E-state index is 12.1. The SMILES string of the molecule is CCCC/C=C(\I)[S@@](=O)c1ccc(C)cc1. The van der Waals surface area contributed by atoms with Crippen LogP contribution in [-0.2, 0) is 10.8 Å². The number of aryl methyl sites for hydroxylation is 1. The summed E-state index contributed by atoms with van der Waals surface area (Å²) in [6.45, 7) is 4.20. The molecule has 0 saturated heterocycles. The summed E-state index contributed by atoms with van der Waals surface area (Å²) in [5.74, 6) is 0. The van der Waals surface area contributed by atoms with E-state index < -0.39 is 10.8 Å². The molecule has 0 saturated carbocycles. The largest absolute Gasteiger partial charge is 0.249 e. The van der Waals surface area contributed by atoms with Crippen molar-refractivity contribution in [3.63, 3.8) is 0 Å². The van der Waals surface area contributed by atoms with E-state index in [-0.39, 0.29) is 0 Å². The normalized spacial score (nSPS) is 13.8. The molecule has 0 aliphatic heterocycles. The van der Waals surface area contributed by atoms with E-state index in [1.165, 1.54) is 12.0 Å². The Bertz CT molecular complexity index is 381. The van der Waals surface area contributed by atoms with Crippen molar-refractivity contribution in [3.8, 4) is 0 Å². The van der Waals surface area contributed by atoms with Crippen LogP contribution in [0.5, 0.6) is 0 Å². The first-order chi connectivity index (χ1) is 7.65. The predicted molar refractivity (Wildman–Crippen MR) is 79.2 cm³/mol. The van der Waals surface area contributed by atoms with Crippen molar-refractivity contribution in [2.24, 2.45) is 0 Å². The van der Waals surface area contributed by atoms with E-state index in [0.29, 0.717) is 0 Å². The lowest BCUT2D eigenvalue weighted by atomic mass is 10.2. The van der Waals surface area contributed by atoms with Gasteiger partial charge in [-0.15, -0.1) is 0 Å². The van der Waals surface area contributed by atoms with Gasteiger partial charge in [0, 0.05) is 4.90 Å². The second-order valence-electron chi connectivity index (χ2n) is 3.73. The zero-order valence-corrected chi connectivity index (χ0v) is 12.7. The van der Waals surface area contributed by atoms with Gasteiger partial charge in [-0.1, -0.05) is 43.5 Å². The standard InChI is InChI=1S/C13H17IOS/c1-3-4-5-6-13(14)16(15)12-9-7-11(2)8-10-12/h6-10H,3-5H2,1-2H3/b13-6+/t16-/m0/s1. The maximum atomic E-state index is 12.1.